The van der Waals surface area contributed by atoms with Gasteiger partial charge in [-0.3, -0.25) is 5.32 Å². The molecule has 0 heterocycles. The Balaban J connectivity index is 0.00000243. The SMILES string of the molecule is O=C(Nc1ccc2ccc(S(=O)(=O)[O-])cc2c1)OCc1ccccc1.[Na+]. The fourth-order valence-corrected chi connectivity index (χ4v) is 2.84. The molecule has 1 N–H and O–H groups in total. The van der Waals surface area contributed by atoms with Crippen molar-refractivity contribution < 1.29 is 52.1 Å². The van der Waals surface area contributed by atoms with Crippen LogP contribution in [0, 0.1) is 0 Å². The Kier molecular flexibility index (Phi) is 6.80. The van der Waals surface area contributed by atoms with Crippen LogP contribution in [0.1, 0.15) is 5.56 Å². The van der Waals surface area contributed by atoms with E-state index in [4.69, 9.17) is 4.74 Å². The van der Waals surface area contributed by atoms with Crippen LogP contribution in [0.5, 0.6) is 0 Å². The van der Waals surface area contributed by atoms with Gasteiger partial charge in [0.1, 0.15) is 16.7 Å². The van der Waals surface area contributed by atoms with Gasteiger partial charge in [-0.2, -0.15) is 0 Å². The number of hydrogen-bond donors (Lipinski definition) is 1. The molecule has 3 rings (SSSR count). The van der Waals surface area contributed by atoms with Crippen molar-refractivity contribution in [3.63, 3.8) is 0 Å². The summed E-state index contributed by atoms with van der Waals surface area (Å²) in [7, 11) is -4.53. The topological polar surface area (TPSA) is 95.5 Å². The second kappa shape index (κ2) is 8.66. The van der Waals surface area contributed by atoms with E-state index in [1.807, 2.05) is 30.3 Å². The van der Waals surface area contributed by atoms with Gasteiger partial charge >= 0.3 is 35.7 Å². The molecule has 128 valence electrons. The van der Waals surface area contributed by atoms with Crippen LogP contribution in [0.2, 0.25) is 0 Å². The minimum atomic E-state index is -4.53. The van der Waals surface area contributed by atoms with Gasteiger partial charge in [0, 0.05) is 5.69 Å². The summed E-state index contributed by atoms with van der Waals surface area (Å²) < 4.78 is 38.5. The summed E-state index contributed by atoms with van der Waals surface area (Å²) in [6.07, 6.45) is -0.629. The number of hydrogen-bond acceptors (Lipinski definition) is 5. The van der Waals surface area contributed by atoms with Crippen molar-refractivity contribution >= 4 is 32.7 Å². The summed E-state index contributed by atoms with van der Waals surface area (Å²) >= 11 is 0. The van der Waals surface area contributed by atoms with Crippen LogP contribution in [0.25, 0.3) is 10.8 Å². The molecule has 0 bridgehead atoms. The minimum absolute atomic E-state index is 0. The molecule has 0 spiro atoms. The van der Waals surface area contributed by atoms with Gasteiger partial charge in [-0.25, -0.2) is 13.2 Å². The molecule has 26 heavy (non-hydrogen) atoms. The molecule has 0 fully saturated rings. The van der Waals surface area contributed by atoms with Crippen LogP contribution in [-0.2, 0) is 21.5 Å². The molecule has 1 amide bonds. The predicted molar refractivity (Wildman–Crippen MR) is 92.2 cm³/mol. The Morgan fingerprint density at radius 3 is 2.35 bits per heavy atom. The molecule has 0 aliphatic rings. The summed E-state index contributed by atoms with van der Waals surface area (Å²) in [5.41, 5.74) is 1.30. The molecule has 8 heteroatoms. The first-order valence-electron chi connectivity index (χ1n) is 7.39. The molecule has 6 nitrogen and oxygen atoms in total. The Hall–Kier alpha value is -1.90. The number of benzene rings is 3. The van der Waals surface area contributed by atoms with Gasteiger partial charge in [0.05, 0.1) is 4.90 Å². The maximum Gasteiger partial charge on any atom is 1.00 e. The van der Waals surface area contributed by atoms with Gasteiger partial charge in [-0.05, 0) is 40.6 Å². The molecule has 3 aromatic rings. The smallest absolute Gasteiger partial charge is 0.744 e. The van der Waals surface area contributed by atoms with Crippen LogP contribution in [0.15, 0.2) is 71.6 Å². The second-order valence-corrected chi connectivity index (χ2v) is 6.74. The summed E-state index contributed by atoms with van der Waals surface area (Å²) in [6.45, 7) is 0.138. The quantitative estimate of drug-likeness (QED) is 0.526. The molecule has 0 unspecified atom stereocenters. The zero-order chi connectivity index (χ0) is 17.9. The minimum Gasteiger partial charge on any atom is -0.744 e. The van der Waals surface area contributed by atoms with Crippen LogP contribution in [0.4, 0.5) is 10.5 Å². The first-order valence-corrected chi connectivity index (χ1v) is 8.80. The van der Waals surface area contributed by atoms with Crippen molar-refractivity contribution in [2.75, 3.05) is 5.32 Å². The second-order valence-electron chi connectivity index (χ2n) is 5.36. The normalized spacial score (nSPS) is 10.8. The number of ether oxygens (including phenoxy) is 1. The third-order valence-corrected chi connectivity index (χ3v) is 4.39. The Morgan fingerprint density at radius 1 is 0.962 bits per heavy atom. The number of fused-ring (bicyclic) bond motifs is 1. The van der Waals surface area contributed by atoms with E-state index >= 15 is 0 Å². The third kappa shape index (κ3) is 5.30. The average Bonchev–Trinajstić information content (AvgIpc) is 2.59. The van der Waals surface area contributed by atoms with Crippen molar-refractivity contribution in [3.05, 3.63) is 72.3 Å². The summed E-state index contributed by atoms with van der Waals surface area (Å²) in [6, 6.07) is 18.3. The maximum absolute atomic E-state index is 11.9. The fraction of sp³-hybridized carbons (Fsp3) is 0.0556. The van der Waals surface area contributed by atoms with E-state index in [0.29, 0.717) is 11.1 Å². The molecular formula is C18H14NNaO5S. The van der Waals surface area contributed by atoms with Crippen LogP contribution in [-0.4, -0.2) is 19.1 Å². The van der Waals surface area contributed by atoms with E-state index in [9.17, 15) is 17.8 Å². The molecular weight excluding hydrogens is 365 g/mol. The van der Waals surface area contributed by atoms with Gasteiger partial charge in [-0.1, -0.05) is 42.5 Å². The first-order chi connectivity index (χ1) is 11.9. The van der Waals surface area contributed by atoms with Crippen molar-refractivity contribution in [1.82, 2.24) is 0 Å². The van der Waals surface area contributed by atoms with Crippen LogP contribution in [0.3, 0.4) is 0 Å². The van der Waals surface area contributed by atoms with Gasteiger partial charge in [0.25, 0.3) is 0 Å². The number of nitrogens with one attached hydrogen (secondary N) is 1. The van der Waals surface area contributed by atoms with Crippen molar-refractivity contribution in [2.24, 2.45) is 0 Å². The largest absolute Gasteiger partial charge is 1.00 e. The van der Waals surface area contributed by atoms with Crippen molar-refractivity contribution in [1.29, 1.82) is 0 Å². The van der Waals surface area contributed by atoms with E-state index < -0.39 is 16.2 Å². The van der Waals surface area contributed by atoms with E-state index in [1.54, 1.807) is 18.2 Å². The van der Waals surface area contributed by atoms with Crippen LogP contribution < -0.4 is 34.9 Å². The van der Waals surface area contributed by atoms with Gasteiger partial charge < -0.3 is 9.29 Å². The summed E-state index contributed by atoms with van der Waals surface area (Å²) in [5, 5.41) is 3.85. The number of carbonyl (C=O) groups excluding carboxylic acids is 1. The van der Waals surface area contributed by atoms with Gasteiger partial charge in [-0.15, -0.1) is 0 Å². The monoisotopic (exact) mass is 379 g/mol. The predicted octanol–water partition coefficient (Wildman–Crippen LogP) is 0.497. The Bertz CT molecular complexity index is 1020. The molecule has 3 aromatic carbocycles. The van der Waals surface area contributed by atoms with Crippen molar-refractivity contribution in [3.8, 4) is 0 Å². The van der Waals surface area contributed by atoms with E-state index in [-0.39, 0.29) is 41.1 Å². The number of rotatable bonds is 4. The molecule has 0 aromatic heterocycles. The van der Waals surface area contributed by atoms with Crippen LogP contribution >= 0.6 is 0 Å². The van der Waals surface area contributed by atoms with Gasteiger partial charge in [0.2, 0.25) is 0 Å². The maximum atomic E-state index is 11.9. The summed E-state index contributed by atoms with van der Waals surface area (Å²) in [5.74, 6) is 0. The third-order valence-electron chi connectivity index (χ3n) is 3.56. The van der Waals surface area contributed by atoms with E-state index in [1.165, 1.54) is 18.2 Å². The molecule has 0 atom stereocenters. The molecule has 0 radical (unpaired) electrons. The van der Waals surface area contributed by atoms with E-state index in [2.05, 4.69) is 5.32 Å². The average molecular weight is 379 g/mol. The van der Waals surface area contributed by atoms with Crippen molar-refractivity contribution in [2.45, 2.75) is 11.5 Å². The number of anilines is 1. The Morgan fingerprint density at radius 2 is 1.65 bits per heavy atom. The zero-order valence-electron chi connectivity index (χ0n) is 14.0. The molecule has 0 aliphatic heterocycles. The molecule has 0 aliphatic carbocycles. The van der Waals surface area contributed by atoms with E-state index in [0.717, 1.165) is 10.9 Å². The standard InChI is InChI=1S/C18H15NO5S.Na/c20-18(24-12-13-4-2-1-3-5-13)19-16-8-6-14-7-9-17(25(21,22)23)11-15(14)10-16;/h1-11H,12H2,(H,19,20)(H,21,22,23);/q;+1/p-1. The summed E-state index contributed by atoms with van der Waals surface area (Å²) in [4.78, 5) is 11.6. The Labute approximate surface area is 173 Å². The molecule has 0 saturated heterocycles. The first kappa shape index (κ1) is 20.4. The molecule has 0 saturated carbocycles. The fourth-order valence-electron chi connectivity index (χ4n) is 2.34. The zero-order valence-corrected chi connectivity index (χ0v) is 16.8. The van der Waals surface area contributed by atoms with Gasteiger partial charge in [0.15, 0.2) is 0 Å². The number of carbonyl (C=O) groups is 1. The number of amides is 1.